The highest BCUT2D eigenvalue weighted by Gasteiger charge is 2.40. The minimum atomic E-state index is 0.0514. The fraction of sp³-hybridized carbons (Fsp3) is 0.303. The van der Waals surface area contributed by atoms with E-state index in [1.165, 1.54) is 12.5 Å². The molecule has 5 aromatic rings. The number of ether oxygens (including phenoxy) is 1. The summed E-state index contributed by atoms with van der Waals surface area (Å²) < 4.78 is 8.19. The Kier molecular flexibility index (Phi) is 6.57. The summed E-state index contributed by atoms with van der Waals surface area (Å²) >= 11 is 0. The molecule has 2 unspecified atom stereocenters. The van der Waals surface area contributed by atoms with E-state index < -0.39 is 0 Å². The molecule has 5 heterocycles. The summed E-state index contributed by atoms with van der Waals surface area (Å²) in [6.07, 6.45) is 9.88. The molecule has 1 amide bonds. The Bertz CT molecular complexity index is 1820. The van der Waals surface area contributed by atoms with Crippen LogP contribution >= 0.6 is 0 Å². The number of hydrogen-bond donors (Lipinski definition) is 1. The standard InChI is InChI=1S/C33H33N7O2/c1-4-31(41)40-23-6-5-7-24(40)16-21(15-23)26-10-11-27-32(38-26)33(35-18-34-27)37-22-8-13-30(20(2)14-22)42-25-9-12-29-28(17-25)36-19-39(29)3/h4,8-14,17-19,21,23-24H,1,5-7,15-16H2,2-3H3,(H,34,35,37). The van der Waals surface area contributed by atoms with Crippen molar-refractivity contribution in [2.24, 2.45) is 7.05 Å². The van der Waals surface area contributed by atoms with E-state index in [0.717, 1.165) is 76.2 Å². The molecule has 2 aromatic carbocycles. The van der Waals surface area contributed by atoms with E-state index in [4.69, 9.17) is 9.72 Å². The van der Waals surface area contributed by atoms with Crippen molar-refractivity contribution in [1.82, 2.24) is 29.4 Å². The third-order valence-electron chi connectivity index (χ3n) is 8.69. The van der Waals surface area contributed by atoms with Crippen molar-refractivity contribution < 1.29 is 9.53 Å². The smallest absolute Gasteiger partial charge is 0.246 e. The number of imidazole rings is 1. The van der Waals surface area contributed by atoms with Crippen molar-refractivity contribution in [3.8, 4) is 11.5 Å². The normalized spacial score (nSPS) is 20.0. The second-order valence-corrected chi connectivity index (χ2v) is 11.4. The number of anilines is 2. The van der Waals surface area contributed by atoms with E-state index in [0.29, 0.717) is 5.82 Å². The molecule has 2 aliphatic heterocycles. The second kappa shape index (κ2) is 10.6. The highest BCUT2D eigenvalue weighted by Crippen LogP contribution is 2.42. The lowest BCUT2D eigenvalue weighted by Gasteiger charge is -2.48. The summed E-state index contributed by atoms with van der Waals surface area (Å²) in [6, 6.07) is 16.5. The quantitative estimate of drug-likeness (QED) is 0.235. The lowest BCUT2D eigenvalue weighted by atomic mass is 9.77. The van der Waals surface area contributed by atoms with E-state index in [-0.39, 0.29) is 23.9 Å². The van der Waals surface area contributed by atoms with Crippen molar-refractivity contribution >= 4 is 39.5 Å². The topological polar surface area (TPSA) is 98.1 Å². The molecule has 212 valence electrons. The van der Waals surface area contributed by atoms with E-state index >= 15 is 0 Å². The van der Waals surface area contributed by atoms with Gasteiger partial charge < -0.3 is 19.5 Å². The zero-order valence-electron chi connectivity index (χ0n) is 23.8. The van der Waals surface area contributed by atoms with Crippen LogP contribution in [0.5, 0.6) is 11.5 Å². The van der Waals surface area contributed by atoms with E-state index in [2.05, 4.69) is 37.8 Å². The summed E-state index contributed by atoms with van der Waals surface area (Å²) in [7, 11) is 1.98. The number of piperidine rings is 2. The van der Waals surface area contributed by atoms with Crippen molar-refractivity contribution in [2.75, 3.05) is 5.32 Å². The number of fused-ring (bicyclic) bond motifs is 4. The fourth-order valence-corrected chi connectivity index (χ4v) is 6.65. The Morgan fingerprint density at radius 2 is 1.86 bits per heavy atom. The van der Waals surface area contributed by atoms with Gasteiger partial charge >= 0.3 is 0 Å². The number of aromatic nitrogens is 5. The lowest BCUT2D eigenvalue weighted by Crippen LogP contribution is -2.53. The summed E-state index contributed by atoms with van der Waals surface area (Å²) in [4.78, 5) is 33.2. The maximum atomic E-state index is 12.6. The average Bonchev–Trinajstić information content (AvgIpc) is 3.37. The van der Waals surface area contributed by atoms with Crippen LogP contribution in [0.4, 0.5) is 11.5 Å². The molecule has 42 heavy (non-hydrogen) atoms. The molecular formula is C33H33N7O2. The largest absolute Gasteiger partial charge is 0.457 e. The fourth-order valence-electron chi connectivity index (χ4n) is 6.65. The molecule has 0 aliphatic carbocycles. The number of hydrogen-bond acceptors (Lipinski definition) is 7. The maximum Gasteiger partial charge on any atom is 0.246 e. The minimum Gasteiger partial charge on any atom is -0.457 e. The first kappa shape index (κ1) is 26.1. The first-order chi connectivity index (χ1) is 20.5. The maximum absolute atomic E-state index is 12.6. The van der Waals surface area contributed by atoms with Gasteiger partial charge in [-0.05, 0) is 93.1 Å². The predicted molar refractivity (Wildman–Crippen MR) is 163 cm³/mol. The SMILES string of the molecule is C=CC(=O)N1C2CCCC1CC(c1ccc3ncnc(Nc4ccc(Oc5ccc6c(c5)ncn6C)c(C)c4)c3n1)C2. The number of carbonyl (C=O) groups is 1. The molecule has 2 saturated heterocycles. The van der Waals surface area contributed by atoms with Gasteiger partial charge in [-0.2, -0.15) is 0 Å². The Morgan fingerprint density at radius 1 is 1.02 bits per heavy atom. The van der Waals surface area contributed by atoms with E-state index in [1.54, 1.807) is 12.7 Å². The molecule has 2 bridgehead atoms. The van der Waals surface area contributed by atoms with Crippen LogP contribution in [0.3, 0.4) is 0 Å². The van der Waals surface area contributed by atoms with Gasteiger partial charge in [0.1, 0.15) is 23.3 Å². The van der Waals surface area contributed by atoms with Crippen LogP contribution in [-0.2, 0) is 11.8 Å². The molecule has 7 rings (SSSR count). The Hall–Kier alpha value is -4.79. The van der Waals surface area contributed by atoms with E-state index in [9.17, 15) is 4.79 Å². The first-order valence-electron chi connectivity index (χ1n) is 14.5. The van der Waals surface area contributed by atoms with Gasteiger partial charge in [0.05, 0.1) is 22.9 Å². The zero-order valence-corrected chi connectivity index (χ0v) is 23.8. The summed E-state index contributed by atoms with van der Waals surface area (Å²) in [5, 5.41) is 3.46. The second-order valence-electron chi connectivity index (χ2n) is 11.4. The molecular weight excluding hydrogens is 526 g/mol. The number of aryl methyl sites for hydroxylation is 2. The van der Waals surface area contributed by atoms with Crippen molar-refractivity contribution in [3.05, 3.63) is 85.1 Å². The minimum absolute atomic E-state index is 0.0514. The van der Waals surface area contributed by atoms with Gasteiger partial charge in [0, 0.05) is 42.5 Å². The van der Waals surface area contributed by atoms with Gasteiger partial charge in [-0.15, -0.1) is 0 Å². The van der Waals surface area contributed by atoms with Gasteiger partial charge in [-0.3, -0.25) is 4.79 Å². The van der Waals surface area contributed by atoms with Crippen LogP contribution in [0, 0.1) is 6.92 Å². The third kappa shape index (κ3) is 4.74. The molecule has 2 fully saturated rings. The van der Waals surface area contributed by atoms with Crippen LogP contribution in [0.25, 0.3) is 22.1 Å². The lowest BCUT2D eigenvalue weighted by molar-refractivity contribution is -0.135. The molecule has 0 spiro atoms. The molecule has 2 aliphatic rings. The molecule has 1 N–H and O–H groups in total. The zero-order chi connectivity index (χ0) is 28.8. The van der Waals surface area contributed by atoms with Crippen molar-refractivity contribution in [1.29, 1.82) is 0 Å². The number of carbonyl (C=O) groups excluding carboxylic acids is 1. The first-order valence-corrected chi connectivity index (χ1v) is 14.5. The highest BCUT2D eigenvalue weighted by molar-refractivity contribution is 5.88. The van der Waals surface area contributed by atoms with Crippen LogP contribution in [0.2, 0.25) is 0 Å². The monoisotopic (exact) mass is 559 g/mol. The number of pyridine rings is 1. The van der Waals surface area contributed by atoms with Crippen LogP contribution in [0.15, 0.2) is 73.8 Å². The Morgan fingerprint density at radius 3 is 2.64 bits per heavy atom. The Balaban J connectivity index is 1.12. The number of nitrogens with one attached hydrogen (secondary N) is 1. The summed E-state index contributed by atoms with van der Waals surface area (Å²) in [5.74, 6) is 2.52. The summed E-state index contributed by atoms with van der Waals surface area (Å²) in [5.41, 5.74) is 6.39. The van der Waals surface area contributed by atoms with E-state index in [1.807, 2.05) is 61.0 Å². The van der Waals surface area contributed by atoms with Gasteiger partial charge in [0.15, 0.2) is 5.82 Å². The van der Waals surface area contributed by atoms with Crippen LogP contribution in [0.1, 0.15) is 49.3 Å². The Labute approximate surface area is 244 Å². The van der Waals surface area contributed by atoms with Crippen LogP contribution < -0.4 is 10.1 Å². The van der Waals surface area contributed by atoms with Crippen LogP contribution in [-0.4, -0.2) is 47.4 Å². The van der Waals surface area contributed by atoms with Gasteiger partial charge in [0.25, 0.3) is 0 Å². The molecule has 9 heteroatoms. The molecule has 2 atom stereocenters. The molecule has 9 nitrogen and oxygen atoms in total. The van der Waals surface area contributed by atoms with Crippen molar-refractivity contribution in [2.45, 2.75) is 57.0 Å². The average molecular weight is 560 g/mol. The molecule has 0 saturated carbocycles. The number of benzene rings is 2. The number of rotatable bonds is 6. The summed E-state index contributed by atoms with van der Waals surface area (Å²) in [6.45, 7) is 5.75. The van der Waals surface area contributed by atoms with Crippen molar-refractivity contribution in [3.63, 3.8) is 0 Å². The van der Waals surface area contributed by atoms with Gasteiger partial charge in [0.2, 0.25) is 5.91 Å². The molecule has 3 aromatic heterocycles. The van der Waals surface area contributed by atoms with Gasteiger partial charge in [-0.1, -0.05) is 6.58 Å². The number of amides is 1. The predicted octanol–water partition coefficient (Wildman–Crippen LogP) is 6.57. The van der Waals surface area contributed by atoms with Gasteiger partial charge in [-0.25, -0.2) is 19.9 Å². The number of nitrogens with zero attached hydrogens (tertiary/aromatic N) is 6. The molecule has 0 radical (unpaired) electrons. The highest BCUT2D eigenvalue weighted by atomic mass is 16.5. The third-order valence-corrected chi connectivity index (χ3v) is 8.69.